The van der Waals surface area contributed by atoms with E-state index in [1.54, 1.807) is 55.8 Å². The molecular formula is C33H24ClN4O4S+. The quantitative estimate of drug-likeness (QED) is 0.185. The Morgan fingerprint density at radius 2 is 1.53 bits per heavy atom. The van der Waals surface area contributed by atoms with Gasteiger partial charge >= 0.3 is 16.1 Å². The number of urea groups is 1. The number of nitrogens with zero attached hydrogens (tertiary/aromatic N) is 4. The lowest BCUT2D eigenvalue weighted by Gasteiger charge is -2.27. The molecule has 0 N–H and O–H groups in total. The molecule has 43 heavy (non-hydrogen) atoms. The Bertz CT molecular complexity index is 2210. The molecule has 0 radical (unpaired) electrons. The number of anilines is 1. The molecule has 3 heterocycles. The van der Waals surface area contributed by atoms with Gasteiger partial charge < -0.3 is 0 Å². The van der Waals surface area contributed by atoms with Gasteiger partial charge in [0.15, 0.2) is 0 Å². The average molecular weight is 608 g/mol. The number of fused-ring (bicyclic) bond motifs is 4. The van der Waals surface area contributed by atoms with Gasteiger partial charge in [-0.15, -0.1) is 0 Å². The van der Waals surface area contributed by atoms with E-state index in [4.69, 9.17) is 15.9 Å². The molecular weight excluding hydrogens is 584 g/mol. The molecule has 1 unspecified atom stereocenters. The normalized spacial score (nSPS) is 16.6. The predicted molar refractivity (Wildman–Crippen MR) is 169 cm³/mol. The fourth-order valence-corrected chi connectivity index (χ4v) is 6.82. The summed E-state index contributed by atoms with van der Waals surface area (Å²) in [5.41, 5.74) is 4.78. The molecule has 6 aromatic rings. The summed E-state index contributed by atoms with van der Waals surface area (Å²) in [5, 5.41) is 1.66. The maximum absolute atomic E-state index is 14.4. The van der Waals surface area contributed by atoms with Crippen LogP contribution in [-0.4, -0.2) is 31.5 Å². The van der Waals surface area contributed by atoms with Gasteiger partial charge in [0.25, 0.3) is 0 Å². The molecule has 10 heteroatoms. The zero-order chi connectivity index (χ0) is 29.9. The maximum atomic E-state index is 14.4. The van der Waals surface area contributed by atoms with Crippen molar-refractivity contribution in [2.45, 2.75) is 11.8 Å². The molecule has 2 amide bonds. The topological polar surface area (TPSA) is 89.5 Å². The second-order valence-electron chi connectivity index (χ2n) is 10.4. The third kappa shape index (κ3) is 4.28. The van der Waals surface area contributed by atoms with Gasteiger partial charge in [-0.3, -0.25) is 14.9 Å². The van der Waals surface area contributed by atoms with Crippen molar-refractivity contribution in [3.05, 3.63) is 120 Å². The summed E-state index contributed by atoms with van der Waals surface area (Å²) in [5.74, 6) is 0. The van der Waals surface area contributed by atoms with Gasteiger partial charge in [-0.1, -0.05) is 65.7 Å². The number of hydrogen-bond donors (Lipinski definition) is 0. The van der Waals surface area contributed by atoms with Crippen molar-refractivity contribution in [3.8, 4) is 11.1 Å². The van der Waals surface area contributed by atoms with Crippen molar-refractivity contribution in [1.82, 2.24) is 14.6 Å². The van der Waals surface area contributed by atoms with Crippen LogP contribution in [0, 0.1) is 6.92 Å². The van der Waals surface area contributed by atoms with Crippen molar-refractivity contribution >= 4 is 66.6 Å². The minimum Gasteiger partial charge on any atom is -0.256 e. The van der Waals surface area contributed by atoms with Gasteiger partial charge in [-0.2, -0.15) is 8.42 Å². The molecule has 0 spiro atoms. The standard InChI is InChI=1S/C33H24ClN4O4S/c1-21-11-14-25(15-12-21)43(40,41)42-38(31-10-6-4-8-27(31)34)32-26-18-22(24-17-23-7-3-5-9-28(23)35-19-24)13-16-29(26)36-20-30(32)37(2)33(38)39/h3-20H,1-2H3/q+1. The number of quaternary nitrogens is 1. The van der Waals surface area contributed by atoms with Crippen molar-refractivity contribution in [1.29, 1.82) is 0 Å². The number of benzene rings is 4. The molecule has 0 saturated carbocycles. The SMILES string of the molecule is Cc1ccc(S(=O)(=O)O[N+]2(c3ccccc3Cl)C(=O)N(C)c3cnc4ccc(-c5cnc6ccccc6c5)cc4c32)cc1. The van der Waals surface area contributed by atoms with E-state index >= 15 is 0 Å². The highest BCUT2D eigenvalue weighted by Gasteiger charge is 2.60. The second-order valence-corrected chi connectivity index (χ2v) is 12.3. The molecule has 2 aromatic heterocycles. The number of para-hydroxylation sites is 2. The second kappa shape index (κ2) is 9.96. The molecule has 0 fully saturated rings. The first kappa shape index (κ1) is 27.2. The van der Waals surface area contributed by atoms with Crippen molar-refractivity contribution < 1.29 is 17.5 Å². The summed E-state index contributed by atoms with van der Waals surface area (Å²) >= 11 is 6.72. The van der Waals surface area contributed by atoms with E-state index in [0.717, 1.165) is 27.6 Å². The highest BCUT2D eigenvalue weighted by atomic mass is 35.5. The highest BCUT2D eigenvalue weighted by molar-refractivity contribution is 7.86. The monoisotopic (exact) mass is 607 g/mol. The van der Waals surface area contributed by atoms with E-state index in [2.05, 4.69) is 9.97 Å². The van der Waals surface area contributed by atoms with E-state index in [9.17, 15) is 13.2 Å². The van der Waals surface area contributed by atoms with Crippen molar-refractivity contribution in [2.75, 3.05) is 11.9 Å². The Morgan fingerprint density at radius 1 is 0.814 bits per heavy atom. The first-order chi connectivity index (χ1) is 20.7. The van der Waals surface area contributed by atoms with Crippen molar-refractivity contribution in [3.63, 3.8) is 0 Å². The molecule has 7 rings (SSSR count). The highest BCUT2D eigenvalue weighted by Crippen LogP contribution is 2.54. The Labute approximate surface area is 253 Å². The number of amides is 2. The fraction of sp³-hybridized carbons (Fsp3) is 0.0606. The van der Waals surface area contributed by atoms with Crippen LogP contribution >= 0.6 is 11.6 Å². The number of aromatic nitrogens is 2. The zero-order valence-electron chi connectivity index (χ0n) is 23.1. The average Bonchev–Trinajstić information content (AvgIpc) is 3.23. The van der Waals surface area contributed by atoms with Crippen LogP contribution in [0.25, 0.3) is 32.9 Å². The number of hydrogen-bond acceptors (Lipinski definition) is 6. The Balaban J connectivity index is 1.52. The molecule has 212 valence electrons. The van der Waals surface area contributed by atoms with Crippen LogP contribution < -0.4 is 9.55 Å². The van der Waals surface area contributed by atoms with Crippen molar-refractivity contribution in [2.24, 2.45) is 0 Å². The van der Waals surface area contributed by atoms with Crippen LogP contribution in [-0.2, 0) is 14.4 Å². The van der Waals surface area contributed by atoms with E-state index in [1.807, 2.05) is 55.5 Å². The van der Waals surface area contributed by atoms with E-state index < -0.39 is 20.8 Å². The van der Waals surface area contributed by atoms with Crippen LogP contribution in [0.3, 0.4) is 0 Å². The van der Waals surface area contributed by atoms with Crippen LogP contribution in [0.1, 0.15) is 5.56 Å². The molecule has 0 aliphatic carbocycles. The lowest BCUT2D eigenvalue weighted by molar-refractivity contribution is 0.0640. The molecule has 1 atom stereocenters. The number of rotatable bonds is 5. The summed E-state index contributed by atoms with van der Waals surface area (Å²) in [4.78, 5) is 24.8. The van der Waals surface area contributed by atoms with Gasteiger partial charge in [0.1, 0.15) is 10.7 Å². The molecule has 0 bridgehead atoms. The third-order valence-electron chi connectivity index (χ3n) is 7.69. The fourth-order valence-electron chi connectivity index (χ4n) is 5.50. The first-order valence-electron chi connectivity index (χ1n) is 13.4. The van der Waals surface area contributed by atoms with Gasteiger partial charge in [-0.25, -0.2) is 4.79 Å². The number of carbonyl (C=O) groups is 1. The molecule has 1 aliphatic rings. The molecule has 8 nitrogen and oxygen atoms in total. The third-order valence-corrected chi connectivity index (χ3v) is 9.28. The molecule has 1 aliphatic heterocycles. The van der Waals surface area contributed by atoms with E-state index in [1.165, 1.54) is 17.0 Å². The Kier molecular flexibility index (Phi) is 6.30. The minimum absolute atomic E-state index is 0.0900. The number of carbonyl (C=O) groups excluding carboxylic acids is 1. The zero-order valence-corrected chi connectivity index (χ0v) is 24.7. The van der Waals surface area contributed by atoms with Crippen LogP contribution in [0.15, 0.2) is 114 Å². The van der Waals surface area contributed by atoms with Gasteiger partial charge in [0, 0.05) is 30.3 Å². The first-order valence-corrected chi connectivity index (χ1v) is 15.2. The summed E-state index contributed by atoms with van der Waals surface area (Å²) in [6, 6.07) is 27.7. The summed E-state index contributed by atoms with van der Waals surface area (Å²) in [7, 11) is -2.94. The Morgan fingerprint density at radius 3 is 2.33 bits per heavy atom. The summed E-state index contributed by atoms with van der Waals surface area (Å²) in [6.45, 7) is 1.85. The summed E-state index contributed by atoms with van der Waals surface area (Å²) < 4.78 is 32.8. The van der Waals surface area contributed by atoms with Gasteiger partial charge in [0.2, 0.25) is 11.4 Å². The number of hydroxylamine groups is 1. The van der Waals surface area contributed by atoms with E-state index in [0.29, 0.717) is 16.6 Å². The molecule has 4 aromatic carbocycles. The number of halogens is 1. The van der Waals surface area contributed by atoms with Crippen LogP contribution in [0.2, 0.25) is 5.02 Å². The number of aryl methyl sites for hydroxylation is 1. The lowest BCUT2D eigenvalue weighted by Crippen LogP contribution is -2.51. The predicted octanol–water partition coefficient (Wildman–Crippen LogP) is 7.94. The summed E-state index contributed by atoms with van der Waals surface area (Å²) in [6.07, 6.45) is 3.33. The van der Waals surface area contributed by atoms with Gasteiger partial charge in [-0.05, 0) is 63.9 Å². The Hall–Kier alpha value is -4.67. The largest absolute Gasteiger partial charge is 0.468 e. The van der Waals surface area contributed by atoms with E-state index in [-0.39, 0.29) is 21.3 Å². The maximum Gasteiger partial charge on any atom is 0.468 e. The van der Waals surface area contributed by atoms with Gasteiger partial charge in [0.05, 0.1) is 27.5 Å². The lowest BCUT2D eigenvalue weighted by atomic mass is 10.0. The number of pyridine rings is 2. The van der Waals surface area contributed by atoms with Crippen LogP contribution in [0.5, 0.6) is 0 Å². The van der Waals surface area contributed by atoms with Crippen LogP contribution in [0.4, 0.5) is 21.9 Å². The molecule has 0 saturated heterocycles. The smallest absolute Gasteiger partial charge is 0.256 e. The minimum atomic E-state index is -4.50.